The Morgan fingerprint density at radius 1 is 1.36 bits per heavy atom. The molecular weight excluding hydrogens is 274 g/mol. The molecule has 4 nitrogen and oxygen atoms in total. The first kappa shape index (κ1) is 15.5. The normalized spacial score (nSPS) is 27.4. The number of hydrogen-bond donors (Lipinski definition) is 2. The van der Waals surface area contributed by atoms with Crippen molar-refractivity contribution in [2.75, 3.05) is 19.6 Å². The quantitative estimate of drug-likeness (QED) is 0.869. The van der Waals surface area contributed by atoms with Crippen molar-refractivity contribution >= 4 is 5.91 Å². The molecule has 2 aliphatic rings. The van der Waals surface area contributed by atoms with Crippen molar-refractivity contribution in [1.29, 1.82) is 0 Å². The Morgan fingerprint density at radius 2 is 2.09 bits per heavy atom. The second-order valence-corrected chi connectivity index (χ2v) is 6.91. The third kappa shape index (κ3) is 3.50. The van der Waals surface area contributed by atoms with E-state index in [4.69, 9.17) is 0 Å². The summed E-state index contributed by atoms with van der Waals surface area (Å²) in [7, 11) is 0. The van der Waals surface area contributed by atoms with Crippen molar-refractivity contribution in [3.63, 3.8) is 0 Å². The Kier molecular flexibility index (Phi) is 4.79. The molecule has 2 aliphatic heterocycles. The van der Waals surface area contributed by atoms with Gasteiger partial charge in [0.15, 0.2) is 0 Å². The molecule has 2 saturated heterocycles. The topological polar surface area (TPSA) is 44.4 Å². The van der Waals surface area contributed by atoms with Crippen molar-refractivity contribution in [3.8, 4) is 0 Å². The molecule has 0 spiro atoms. The van der Waals surface area contributed by atoms with Gasteiger partial charge in [-0.15, -0.1) is 0 Å². The molecule has 4 heteroatoms. The smallest absolute Gasteiger partial charge is 0.223 e. The van der Waals surface area contributed by atoms with Crippen LogP contribution in [0.2, 0.25) is 0 Å². The molecule has 1 amide bonds. The molecule has 0 aromatic heterocycles. The van der Waals surface area contributed by atoms with Crippen LogP contribution in [0.15, 0.2) is 30.3 Å². The summed E-state index contributed by atoms with van der Waals surface area (Å²) in [6, 6.07) is 11.4. The first-order chi connectivity index (χ1) is 10.6. The standard InChI is InChI=1S/C18H27N3O/c1-13-8-17(20-18(22)14(2)16-9-19-10-16)12-21(13)11-15-6-4-3-5-7-15/h3-7,13-14,16-17,19H,8-12H2,1-2H3,(H,20,22). The molecule has 22 heavy (non-hydrogen) atoms. The lowest BCUT2D eigenvalue weighted by Gasteiger charge is -2.32. The Bertz CT molecular complexity index is 500. The summed E-state index contributed by atoms with van der Waals surface area (Å²) in [4.78, 5) is 14.8. The van der Waals surface area contributed by atoms with Crippen LogP contribution in [-0.2, 0) is 11.3 Å². The van der Waals surface area contributed by atoms with Crippen LogP contribution in [-0.4, -0.2) is 42.5 Å². The largest absolute Gasteiger partial charge is 0.352 e. The second kappa shape index (κ2) is 6.80. The lowest BCUT2D eigenvalue weighted by atomic mass is 9.88. The summed E-state index contributed by atoms with van der Waals surface area (Å²) in [5.41, 5.74) is 1.34. The lowest BCUT2D eigenvalue weighted by Crippen LogP contribution is -2.51. The third-order valence-corrected chi connectivity index (χ3v) is 5.21. The first-order valence-corrected chi connectivity index (χ1v) is 8.42. The van der Waals surface area contributed by atoms with Crippen molar-refractivity contribution < 1.29 is 4.79 Å². The van der Waals surface area contributed by atoms with Crippen LogP contribution in [0.25, 0.3) is 0 Å². The van der Waals surface area contributed by atoms with Crippen LogP contribution >= 0.6 is 0 Å². The van der Waals surface area contributed by atoms with Gasteiger partial charge in [-0.05, 0) is 37.9 Å². The van der Waals surface area contributed by atoms with Gasteiger partial charge in [-0.25, -0.2) is 0 Å². The van der Waals surface area contributed by atoms with Crippen LogP contribution in [0.3, 0.4) is 0 Å². The van der Waals surface area contributed by atoms with Crippen molar-refractivity contribution in [2.45, 2.75) is 38.9 Å². The highest BCUT2D eigenvalue weighted by atomic mass is 16.2. The fraction of sp³-hybridized carbons (Fsp3) is 0.611. The van der Waals surface area contributed by atoms with E-state index in [1.165, 1.54) is 5.56 Å². The van der Waals surface area contributed by atoms with Gasteiger partial charge in [0.05, 0.1) is 0 Å². The SMILES string of the molecule is CC(C(=O)NC1CC(C)N(Cc2ccccc2)C1)C1CNC1. The van der Waals surface area contributed by atoms with Crippen LogP contribution in [0, 0.1) is 11.8 Å². The average molecular weight is 301 g/mol. The molecule has 1 aromatic rings. The molecule has 0 bridgehead atoms. The molecule has 3 unspecified atom stereocenters. The van der Waals surface area contributed by atoms with E-state index in [0.717, 1.165) is 32.6 Å². The van der Waals surface area contributed by atoms with Crippen LogP contribution in [0.1, 0.15) is 25.8 Å². The highest BCUT2D eigenvalue weighted by molar-refractivity contribution is 5.79. The molecule has 2 heterocycles. The Balaban J connectivity index is 1.51. The zero-order valence-electron chi connectivity index (χ0n) is 13.6. The van der Waals surface area contributed by atoms with Gasteiger partial charge in [-0.2, -0.15) is 0 Å². The molecule has 0 saturated carbocycles. The molecule has 0 radical (unpaired) electrons. The van der Waals surface area contributed by atoms with E-state index in [2.05, 4.69) is 59.7 Å². The number of carbonyl (C=O) groups excluding carboxylic acids is 1. The Morgan fingerprint density at radius 3 is 2.73 bits per heavy atom. The number of amides is 1. The monoisotopic (exact) mass is 301 g/mol. The van der Waals surface area contributed by atoms with Crippen molar-refractivity contribution in [2.24, 2.45) is 11.8 Å². The van der Waals surface area contributed by atoms with Crippen molar-refractivity contribution in [1.82, 2.24) is 15.5 Å². The lowest BCUT2D eigenvalue weighted by molar-refractivity contribution is -0.127. The highest BCUT2D eigenvalue weighted by Gasteiger charge is 2.33. The summed E-state index contributed by atoms with van der Waals surface area (Å²) < 4.78 is 0. The minimum atomic E-state index is 0.125. The number of likely N-dealkylation sites (tertiary alicyclic amines) is 1. The maximum atomic E-state index is 12.3. The summed E-state index contributed by atoms with van der Waals surface area (Å²) in [5.74, 6) is 0.865. The first-order valence-electron chi connectivity index (χ1n) is 8.42. The molecule has 2 N–H and O–H groups in total. The minimum Gasteiger partial charge on any atom is -0.352 e. The maximum absolute atomic E-state index is 12.3. The molecule has 2 fully saturated rings. The average Bonchev–Trinajstić information content (AvgIpc) is 2.78. The fourth-order valence-electron chi connectivity index (χ4n) is 3.45. The van der Waals surface area contributed by atoms with Gasteiger partial charge in [-0.3, -0.25) is 9.69 Å². The predicted molar refractivity (Wildman–Crippen MR) is 88.4 cm³/mol. The molecular formula is C18H27N3O. The van der Waals surface area contributed by atoms with E-state index < -0.39 is 0 Å². The number of hydrogen-bond acceptors (Lipinski definition) is 3. The van der Waals surface area contributed by atoms with Gasteiger partial charge in [0, 0.05) is 31.1 Å². The fourth-order valence-corrected chi connectivity index (χ4v) is 3.45. The number of nitrogens with one attached hydrogen (secondary N) is 2. The van der Waals surface area contributed by atoms with E-state index in [0.29, 0.717) is 18.0 Å². The number of nitrogens with zero attached hydrogens (tertiary/aromatic N) is 1. The Hall–Kier alpha value is -1.39. The number of carbonyl (C=O) groups is 1. The van der Waals surface area contributed by atoms with Crippen LogP contribution in [0.5, 0.6) is 0 Å². The molecule has 120 valence electrons. The van der Waals surface area contributed by atoms with Gasteiger partial charge in [0.2, 0.25) is 5.91 Å². The molecule has 3 rings (SSSR count). The van der Waals surface area contributed by atoms with E-state index in [-0.39, 0.29) is 11.8 Å². The summed E-state index contributed by atoms with van der Waals surface area (Å²) in [6.45, 7) is 8.20. The summed E-state index contributed by atoms with van der Waals surface area (Å²) in [5, 5.41) is 6.51. The number of benzene rings is 1. The number of rotatable bonds is 5. The van der Waals surface area contributed by atoms with E-state index in [9.17, 15) is 4.79 Å². The second-order valence-electron chi connectivity index (χ2n) is 6.91. The minimum absolute atomic E-state index is 0.125. The molecule has 3 atom stereocenters. The Labute approximate surface area is 133 Å². The van der Waals surface area contributed by atoms with Crippen molar-refractivity contribution in [3.05, 3.63) is 35.9 Å². The van der Waals surface area contributed by atoms with E-state index in [1.54, 1.807) is 0 Å². The van der Waals surface area contributed by atoms with Crippen LogP contribution < -0.4 is 10.6 Å². The third-order valence-electron chi connectivity index (χ3n) is 5.21. The zero-order valence-corrected chi connectivity index (χ0v) is 13.6. The van der Waals surface area contributed by atoms with Gasteiger partial charge in [0.1, 0.15) is 0 Å². The summed E-state index contributed by atoms with van der Waals surface area (Å²) in [6.07, 6.45) is 1.05. The van der Waals surface area contributed by atoms with Gasteiger partial charge < -0.3 is 10.6 Å². The highest BCUT2D eigenvalue weighted by Crippen LogP contribution is 2.22. The van der Waals surface area contributed by atoms with E-state index >= 15 is 0 Å². The maximum Gasteiger partial charge on any atom is 0.223 e. The predicted octanol–water partition coefficient (Wildman–Crippen LogP) is 1.62. The van der Waals surface area contributed by atoms with E-state index in [1.807, 2.05) is 0 Å². The molecule has 0 aliphatic carbocycles. The van der Waals surface area contributed by atoms with Gasteiger partial charge in [-0.1, -0.05) is 37.3 Å². The summed E-state index contributed by atoms with van der Waals surface area (Å²) >= 11 is 0. The van der Waals surface area contributed by atoms with Crippen LogP contribution in [0.4, 0.5) is 0 Å². The zero-order chi connectivity index (χ0) is 15.5. The van der Waals surface area contributed by atoms with Gasteiger partial charge in [0.25, 0.3) is 0 Å². The van der Waals surface area contributed by atoms with Gasteiger partial charge >= 0.3 is 0 Å². The molecule has 1 aromatic carbocycles.